The molecule has 0 radical (unpaired) electrons. The lowest BCUT2D eigenvalue weighted by Crippen LogP contribution is -2.44. The van der Waals surface area contributed by atoms with Crippen LogP contribution in [0.3, 0.4) is 0 Å². The van der Waals surface area contributed by atoms with Gasteiger partial charge < -0.3 is 52.1 Å². The second-order valence-electron chi connectivity index (χ2n) is 12.8. The van der Waals surface area contributed by atoms with Gasteiger partial charge in [0.25, 0.3) is 0 Å². The van der Waals surface area contributed by atoms with Crippen LogP contribution in [0.1, 0.15) is 50.6 Å². The summed E-state index contributed by atoms with van der Waals surface area (Å²) in [5, 5.41) is 8.77. The van der Waals surface area contributed by atoms with Crippen LogP contribution in [0.15, 0.2) is 48.7 Å². The molecule has 14 heteroatoms. The predicted molar refractivity (Wildman–Crippen MR) is 182 cm³/mol. The maximum atomic E-state index is 6.18. The molecule has 0 aliphatic carbocycles. The zero-order valence-corrected chi connectivity index (χ0v) is 29.7. The van der Waals surface area contributed by atoms with Crippen LogP contribution in [0.2, 0.25) is 0 Å². The summed E-state index contributed by atoms with van der Waals surface area (Å²) < 4.78 is 64.6. The van der Waals surface area contributed by atoms with E-state index >= 15 is 0 Å². The Morgan fingerprint density at radius 2 is 1.24 bits per heavy atom. The molecule has 0 unspecified atom stereocenters. The van der Waals surface area contributed by atoms with Gasteiger partial charge in [0.2, 0.25) is 0 Å². The summed E-state index contributed by atoms with van der Waals surface area (Å²) in [6.45, 7) is 10.3. The van der Waals surface area contributed by atoms with E-state index in [9.17, 15) is 0 Å². The lowest BCUT2D eigenvalue weighted by molar-refractivity contribution is -0.284. The van der Waals surface area contributed by atoms with E-state index in [1.165, 1.54) is 0 Å². The van der Waals surface area contributed by atoms with E-state index in [-0.39, 0.29) is 38.4 Å². The Bertz CT molecular complexity index is 1440. The molecule has 0 amide bonds. The maximum absolute atomic E-state index is 6.18. The van der Waals surface area contributed by atoms with Crippen LogP contribution in [0.25, 0.3) is 12.2 Å². The molecule has 2 saturated heterocycles. The molecule has 0 saturated carbocycles. The van der Waals surface area contributed by atoms with Gasteiger partial charge in [0.1, 0.15) is 47.8 Å². The summed E-state index contributed by atoms with van der Waals surface area (Å²) in [7, 11) is 3.16. The van der Waals surface area contributed by atoms with Gasteiger partial charge in [0, 0.05) is 20.3 Å². The predicted octanol–water partition coefficient (Wildman–Crippen LogP) is 4.87. The molecule has 274 valence electrons. The normalized spacial score (nSPS) is 18.1. The molecule has 2 aliphatic rings. The number of ether oxygens (including phenoxy) is 11. The first-order valence-electron chi connectivity index (χ1n) is 16.6. The van der Waals surface area contributed by atoms with Gasteiger partial charge in [0.15, 0.2) is 25.2 Å². The van der Waals surface area contributed by atoms with E-state index in [2.05, 4.69) is 10.3 Å². The third-order valence-electron chi connectivity index (χ3n) is 7.77. The van der Waals surface area contributed by atoms with E-state index in [1.54, 1.807) is 25.0 Å². The van der Waals surface area contributed by atoms with Crippen molar-refractivity contribution in [3.63, 3.8) is 0 Å². The Morgan fingerprint density at radius 1 is 0.720 bits per heavy atom. The van der Waals surface area contributed by atoms with Crippen LogP contribution in [-0.4, -0.2) is 106 Å². The quantitative estimate of drug-likeness (QED) is 0.132. The lowest BCUT2D eigenvalue weighted by atomic mass is 10.1. The largest absolute Gasteiger partial charge is 0.487 e. The Labute approximate surface area is 293 Å². The highest BCUT2D eigenvalue weighted by Gasteiger charge is 2.31. The number of rotatable bonds is 18. The summed E-state index contributed by atoms with van der Waals surface area (Å²) in [5.74, 6) is 0.671. The van der Waals surface area contributed by atoms with Gasteiger partial charge in [-0.05, 0) is 63.1 Å². The molecule has 0 N–H and O–H groups in total. The van der Waals surface area contributed by atoms with Crippen molar-refractivity contribution in [1.82, 2.24) is 15.0 Å². The molecule has 50 heavy (non-hydrogen) atoms. The van der Waals surface area contributed by atoms with Crippen molar-refractivity contribution in [2.45, 2.75) is 64.1 Å². The van der Waals surface area contributed by atoms with Crippen LogP contribution in [-0.2, 0) is 44.5 Å². The van der Waals surface area contributed by atoms with E-state index in [4.69, 9.17) is 52.1 Å². The third-order valence-corrected chi connectivity index (χ3v) is 7.77. The van der Waals surface area contributed by atoms with Gasteiger partial charge in [-0.25, -0.2) is 4.68 Å². The molecule has 2 aliphatic heterocycles. The minimum absolute atomic E-state index is 0.100. The Morgan fingerprint density at radius 3 is 1.80 bits per heavy atom. The second-order valence-corrected chi connectivity index (χ2v) is 12.8. The fourth-order valence-electron chi connectivity index (χ4n) is 4.94. The molecule has 2 aromatic carbocycles. The SMILES string of the molecule is COCOc1ccc(/C=C/c2cc(OCOC)cc(OCc3cn(C(COC4COC(C)(C)OC4)COC4COC(C)(C)OC4)nn3)c2)cc1. The molecular weight excluding hydrogens is 650 g/mol. The highest BCUT2D eigenvalue weighted by Crippen LogP contribution is 2.26. The summed E-state index contributed by atoms with van der Waals surface area (Å²) in [6, 6.07) is 13.1. The summed E-state index contributed by atoms with van der Waals surface area (Å²) in [5.41, 5.74) is 2.51. The number of hydrogen-bond donors (Lipinski definition) is 0. The van der Waals surface area contributed by atoms with Crippen molar-refractivity contribution >= 4 is 12.2 Å². The molecule has 0 spiro atoms. The number of hydrogen-bond acceptors (Lipinski definition) is 13. The molecule has 2 fully saturated rings. The monoisotopic (exact) mass is 699 g/mol. The Balaban J connectivity index is 1.22. The minimum Gasteiger partial charge on any atom is -0.487 e. The molecular formula is C36H49N3O11. The summed E-state index contributed by atoms with van der Waals surface area (Å²) >= 11 is 0. The topological polar surface area (TPSA) is 132 Å². The standard InChI is InChI=1S/C36H49N3O11/c1-35(2)47-20-33(21-48-35)43-18-29(19-44-34-22-49-36(3,4)50-23-34)39-16-28(37-38-39)17-42-31-13-27(14-32(15-31)46-25-41-6)8-7-26-9-11-30(12-10-26)45-24-40-5/h7-16,29,33-34H,17-25H2,1-6H3/b8-7+. The van der Waals surface area contributed by atoms with Crippen molar-refractivity contribution in [2.24, 2.45) is 0 Å². The summed E-state index contributed by atoms with van der Waals surface area (Å²) in [4.78, 5) is 0. The minimum atomic E-state index is -0.628. The second kappa shape index (κ2) is 18.1. The van der Waals surface area contributed by atoms with Gasteiger partial charge in [-0.3, -0.25) is 0 Å². The van der Waals surface area contributed by atoms with Gasteiger partial charge in [-0.2, -0.15) is 0 Å². The van der Waals surface area contributed by atoms with E-state index in [0.717, 1.165) is 16.9 Å². The van der Waals surface area contributed by atoms with Gasteiger partial charge >= 0.3 is 0 Å². The van der Waals surface area contributed by atoms with Gasteiger partial charge in [0.05, 0.1) is 45.8 Å². The molecule has 14 nitrogen and oxygen atoms in total. The third kappa shape index (κ3) is 12.0. The average molecular weight is 700 g/mol. The van der Waals surface area contributed by atoms with Crippen molar-refractivity contribution in [3.05, 3.63) is 65.5 Å². The fourth-order valence-corrected chi connectivity index (χ4v) is 4.94. The highest BCUT2D eigenvalue weighted by molar-refractivity contribution is 5.71. The smallest absolute Gasteiger partial charge is 0.188 e. The van der Waals surface area contributed by atoms with Gasteiger partial charge in [-0.1, -0.05) is 29.5 Å². The van der Waals surface area contributed by atoms with Crippen LogP contribution >= 0.6 is 0 Å². The number of benzene rings is 2. The van der Waals surface area contributed by atoms with Crippen molar-refractivity contribution in [2.75, 3.05) is 67.4 Å². The van der Waals surface area contributed by atoms with Crippen molar-refractivity contribution in [1.29, 1.82) is 0 Å². The average Bonchev–Trinajstić information content (AvgIpc) is 3.58. The fraction of sp³-hybridized carbons (Fsp3) is 0.556. The Hall–Kier alpha value is -3.60. The molecule has 0 atom stereocenters. The zero-order chi connectivity index (χ0) is 35.4. The number of methoxy groups -OCH3 is 2. The van der Waals surface area contributed by atoms with Crippen LogP contribution in [0.5, 0.6) is 17.2 Å². The highest BCUT2D eigenvalue weighted by atomic mass is 16.7. The van der Waals surface area contributed by atoms with Crippen LogP contribution in [0, 0.1) is 0 Å². The molecule has 3 aromatic rings. The van der Waals surface area contributed by atoms with E-state index in [0.29, 0.717) is 56.8 Å². The number of nitrogens with zero attached hydrogens (tertiary/aromatic N) is 3. The van der Waals surface area contributed by atoms with E-state index in [1.807, 2.05) is 82.4 Å². The van der Waals surface area contributed by atoms with Crippen molar-refractivity contribution < 1.29 is 52.1 Å². The van der Waals surface area contributed by atoms with Crippen molar-refractivity contribution in [3.8, 4) is 17.2 Å². The zero-order valence-electron chi connectivity index (χ0n) is 29.7. The number of aromatic nitrogens is 3. The Kier molecular flexibility index (Phi) is 13.6. The molecule has 0 bridgehead atoms. The van der Waals surface area contributed by atoms with Gasteiger partial charge in [-0.15, -0.1) is 5.10 Å². The lowest BCUT2D eigenvalue weighted by Gasteiger charge is -2.36. The first-order valence-corrected chi connectivity index (χ1v) is 16.6. The molecule has 3 heterocycles. The van der Waals surface area contributed by atoms with E-state index < -0.39 is 11.6 Å². The first kappa shape index (κ1) is 37.7. The van der Waals surface area contributed by atoms with Crippen LogP contribution < -0.4 is 14.2 Å². The molecule has 5 rings (SSSR count). The van der Waals surface area contributed by atoms with Crippen LogP contribution in [0.4, 0.5) is 0 Å². The maximum Gasteiger partial charge on any atom is 0.188 e. The first-order chi connectivity index (χ1) is 24.1. The summed E-state index contributed by atoms with van der Waals surface area (Å²) in [6.07, 6.45) is 5.37. The molecule has 1 aromatic heterocycles.